The fraction of sp³-hybridized carbons (Fsp3) is 0.250. The van der Waals surface area contributed by atoms with Gasteiger partial charge < -0.3 is 10.2 Å². The summed E-state index contributed by atoms with van der Waals surface area (Å²) in [5, 5.41) is 21.1. The van der Waals surface area contributed by atoms with Crippen LogP contribution in [-0.2, 0) is 22.0 Å². The third-order valence-corrected chi connectivity index (χ3v) is 7.86. The van der Waals surface area contributed by atoms with E-state index in [0.717, 1.165) is 34.2 Å². The number of nitrogens with zero attached hydrogens (tertiary/aromatic N) is 2. The molecular formula is C28H29ClN2O4S. The van der Waals surface area contributed by atoms with E-state index in [1.54, 1.807) is 38.2 Å². The minimum atomic E-state index is -3.57. The zero-order valence-corrected chi connectivity index (χ0v) is 22.4. The van der Waals surface area contributed by atoms with Crippen molar-refractivity contribution in [3.63, 3.8) is 0 Å². The van der Waals surface area contributed by atoms with Gasteiger partial charge in [-0.3, -0.25) is 4.57 Å². The summed E-state index contributed by atoms with van der Waals surface area (Å²) in [4.78, 5) is 4.90. The molecule has 1 heterocycles. The van der Waals surface area contributed by atoms with Crippen LogP contribution < -0.4 is 0 Å². The average molecular weight is 525 g/mol. The van der Waals surface area contributed by atoms with Crippen molar-refractivity contribution in [3.8, 4) is 28.2 Å². The molecule has 0 aliphatic carbocycles. The zero-order valence-electron chi connectivity index (χ0n) is 20.9. The van der Waals surface area contributed by atoms with Crippen molar-refractivity contribution in [3.05, 3.63) is 88.2 Å². The van der Waals surface area contributed by atoms with Crippen LogP contribution in [0.25, 0.3) is 28.2 Å². The van der Waals surface area contributed by atoms with Gasteiger partial charge in [-0.1, -0.05) is 54.1 Å². The summed E-state index contributed by atoms with van der Waals surface area (Å²) in [6.07, 6.45) is 2.94. The maximum atomic E-state index is 12.5. The molecule has 1 aromatic heterocycles. The molecule has 4 aromatic rings. The van der Waals surface area contributed by atoms with Gasteiger partial charge in [-0.05, 0) is 62.1 Å². The Kier molecular flexibility index (Phi) is 6.88. The number of sulfone groups is 1. The Balaban J connectivity index is 2.06. The van der Waals surface area contributed by atoms with Gasteiger partial charge in [-0.2, -0.15) is 0 Å². The molecule has 0 aliphatic heterocycles. The fourth-order valence-electron chi connectivity index (χ4n) is 4.29. The van der Waals surface area contributed by atoms with Crippen molar-refractivity contribution >= 4 is 21.4 Å². The largest absolute Gasteiger partial charge is 0.392 e. The Morgan fingerprint density at radius 1 is 1.03 bits per heavy atom. The van der Waals surface area contributed by atoms with Crippen molar-refractivity contribution < 1.29 is 18.6 Å². The molecule has 0 aliphatic rings. The lowest BCUT2D eigenvalue weighted by Gasteiger charge is -2.18. The van der Waals surface area contributed by atoms with Crippen LogP contribution in [0, 0.1) is 13.8 Å². The highest BCUT2D eigenvalue weighted by Gasteiger charge is 2.26. The number of aliphatic hydroxyl groups is 2. The van der Waals surface area contributed by atoms with Gasteiger partial charge in [0.05, 0.1) is 22.9 Å². The van der Waals surface area contributed by atoms with Crippen LogP contribution >= 0.6 is 11.6 Å². The van der Waals surface area contributed by atoms with Crippen LogP contribution in [0.3, 0.4) is 0 Å². The fourth-order valence-corrected chi connectivity index (χ4v) is 5.42. The Morgan fingerprint density at radius 2 is 1.69 bits per heavy atom. The second-order valence-electron chi connectivity index (χ2n) is 9.52. The summed E-state index contributed by atoms with van der Waals surface area (Å²) in [7, 11) is -3.57. The number of aromatic nitrogens is 2. The monoisotopic (exact) mass is 524 g/mol. The van der Waals surface area contributed by atoms with Gasteiger partial charge in [-0.25, -0.2) is 13.4 Å². The van der Waals surface area contributed by atoms with Gasteiger partial charge in [0.1, 0.15) is 11.4 Å². The minimum Gasteiger partial charge on any atom is -0.392 e. The van der Waals surface area contributed by atoms with E-state index in [-0.39, 0.29) is 11.5 Å². The highest BCUT2D eigenvalue weighted by Crippen LogP contribution is 2.37. The number of rotatable bonds is 6. The maximum absolute atomic E-state index is 12.5. The lowest BCUT2D eigenvalue weighted by molar-refractivity contribution is 0.0743. The number of hydrogen-bond donors (Lipinski definition) is 2. The van der Waals surface area contributed by atoms with Gasteiger partial charge >= 0.3 is 0 Å². The van der Waals surface area contributed by atoms with Gasteiger partial charge in [0.15, 0.2) is 9.84 Å². The second-order valence-corrected chi connectivity index (χ2v) is 11.9. The molecule has 3 aromatic carbocycles. The normalized spacial score (nSPS) is 12.2. The topological polar surface area (TPSA) is 92.4 Å². The predicted octanol–water partition coefficient (Wildman–Crippen LogP) is 5.60. The minimum absolute atomic E-state index is 0.0867. The summed E-state index contributed by atoms with van der Waals surface area (Å²) >= 11 is 6.44. The number of aryl methyl sites for hydroxylation is 1. The predicted molar refractivity (Wildman–Crippen MR) is 143 cm³/mol. The molecule has 0 radical (unpaired) electrons. The van der Waals surface area contributed by atoms with E-state index < -0.39 is 15.4 Å². The van der Waals surface area contributed by atoms with Crippen molar-refractivity contribution in [1.82, 2.24) is 9.55 Å². The standard InChI is InChI=1S/C28H29ClN2O4S/c1-17-8-6-10-22(19-12-13-20(16-32)24(14-19)36(5,34)35)26(17)31-15-25(28(3,4)33)30-27(31)21-9-7-11-23(29)18(21)2/h6-15,32-33H,16H2,1-5H3. The molecule has 0 bridgehead atoms. The first kappa shape index (κ1) is 26.1. The Labute approximate surface area is 216 Å². The van der Waals surface area contributed by atoms with Crippen molar-refractivity contribution in [2.45, 2.75) is 44.8 Å². The Hall–Kier alpha value is -2.97. The molecule has 0 unspecified atom stereocenters. The number of imidazole rings is 1. The van der Waals surface area contributed by atoms with Gasteiger partial charge in [0.2, 0.25) is 0 Å². The molecule has 0 fully saturated rings. The number of para-hydroxylation sites is 1. The molecular weight excluding hydrogens is 496 g/mol. The highest BCUT2D eigenvalue weighted by molar-refractivity contribution is 7.90. The Bertz CT molecular complexity index is 1570. The molecule has 36 heavy (non-hydrogen) atoms. The van der Waals surface area contributed by atoms with Gasteiger partial charge in [-0.15, -0.1) is 0 Å². The van der Waals surface area contributed by atoms with Gasteiger partial charge in [0.25, 0.3) is 0 Å². The number of benzene rings is 3. The molecule has 6 nitrogen and oxygen atoms in total. The lowest BCUT2D eigenvalue weighted by Crippen LogP contribution is -2.15. The second kappa shape index (κ2) is 9.48. The third-order valence-electron chi connectivity index (χ3n) is 6.27. The summed E-state index contributed by atoms with van der Waals surface area (Å²) in [6.45, 7) is 6.87. The van der Waals surface area contributed by atoms with Crippen molar-refractivity contribution in [1.29, 1.82) is 0 Å². The smallest absolute Gasteiger partial charge is 0.175 e. The van der Waals surface area contributed by atoms with Crippen LogP contribution in [0.5, 0.6) is 0 Å². The summed E-state index contributed by atoms with van der Waals surface area (Å²) in [6, 6.07) is 16.4. The van der Waals surface area contributed by atoms with Crippen molar-refractivity contribution in [2.75, 3.05) is 6.26 Å². The van der Waals surface area contributed by atoms with Crippen molar-refractivity contribution in [2.24, 2.45) is 0 Å². The van der Waals surface area contributed by atoms with Crippen LogP contribution in [0.1, 0.15) is 36.2 Å². The molecule has 0 saturated heterocycles. The van der Waals surface area contributed by atoms with E-state index in [1.165, 1.54) is 0 Å². The van der Waals surface area contributed by atoms with E-state index >= 15 is 0 Å². The maximum Gasteiger partial charge on any atom is 0.175 e. The Morgan fingerprint density at radius 3 is 2.33 bits per heavy atom. The molecule has 2 N–H and O–H groups in total. The summed E-state index contributed by atoms with van der Waals surface area (Å²) in [5.74, 6) is 0.609. The zero-order chi connectivity index (χ0) is 26.4. The summed E-state index contributed by atoms with van der Waals surface area (Å²) in [5.41, 5.74) is 4.50. The van der Waals surface area contributed by atoms with E-state index in [4.69, 9.17) is 16.6 Å². The SMILES string of the molecule is Cc1cccc(-c2ccc(CO)c(S(C)(=O)=O)c2)c1-n1cc(C(C)(C)O)nc1-c1cccc(Cl)c1C. The van der Waals surface area contributed by atoms with Crippen LogP contribution in [-0.4, -0.2) is 34.4 Å². The molecule has 0 amide bonds. The third kappa shape index (κ3) is 4.84. The van der Waals surface area contributed by atoms with Crippen LogP contribution in [0.15, 0.2) is 65.7 Å². The quantitative estimate of drug-likeness (QED) is 0.342. The molecule has 4 rings (SSSR count). The molecule has 188 valence electrons. The molecule has 8 heteroatoms. The molecule has 0 saturated carbocycles. The average Bonchev–Trinajstić information content (AvgIpc) is 3.25. The first-order chi connectivity index (χ1) is 16.8. The van der Waals surface area contributed by atoms with Gasteiger partial charge in [0, 0.05) is 28.6 Å². The van der Waals surface area contributed by atoms with Crippen LogP contribution in [0.4, 0.5) is 0 Å². The van der Waals surface area contributed by atoms with Crippen LogP contribution in [0.2, 0.25) is 5.02 Å². The summed E-state index contributed by atoms with van der Waals surface area (Å²) < 4.78 is 26.9. The molecule has 0 spiro atoms. The highest BCUT2D eigenvalue weighted by atomic mass is 35.5. The number of aliphatic hydroxyl groups excluding tert-OH is 1. The number of halogens is 1. The van der Waals surface area contributed by atoms with E-state index in [2.05, 4.69) is 0 Å². The van der Waals surface area contributed by atoms with E-state index in [9.17, 15) is 18.6 Å². The number of hydrogen-bond acceptors (Lipinski definition) is 5. The van der Waals surface area contributed by atoms with E-state index in [0.29, 0.717) is 27.7 Å². The lowest BCUT2D eigenvalue weighted by atomic mass is 9.98. The first-order valence-electron chi connectivity index (χ1n) is 11.4. The first-order valence-corrected chi connectivity index (χ1v) is 13.7. The van der Waals surface area contributed by atoms with E-state index in [1.807, 2.05) is 54.8 Å². The molecule has 0 atom stereocenters.